The van der Waals surface area contributed by atoms with Crippen LogP contribution in [0.3, 0.4) is 0 Å². The van der Waals surface area contributed by atoms with Crippen LogP contribution in [0.15, 0.2) is 22.8 Å². The third kappa shape index (κ3) is 8.74. The minimum absolute atomic E-state index is 0.0558. The molecule has 1 aromatic carbocycles. The highest BCUT2D eigenvalue weighted by Crippen LogP contribution is 2.31. The van der Waals surface area contributed by atoms with E-state index in [1.807, 2.05) is 20.9 Å². The maximum Gasteiger partial charge on any atom is 0.276 e. The number of nitrogens with one attached hydrogen (secondary N) is 2. The topological polar surface area (TPSA) is 138 Å². The Bertz CT molecular complexity index is 1360. The zero-order valence-electron chi connectivity index (χ0n) is 27.1. The van der Waals surface area contributed by atoms with Crippen molar-refractivity contribution in [3.05, 3.63) is 46.5 Å². The summed E-state index contributed by atoms with van der Waals surface area (Å²) >= 11 is 0. The molecule has 11 nitrogen and oxygen atoms in total. The Balaban J connectivity index is 1.48. The fourth-order valence-corrected chi connectivity index (χ4v) is 6.26. The third-order valence-corrected chi connectivity index (χ3v) is 9.42. The highest BCUT2D eigenvalue weighted by molar-refractivity contribution is 5.97. The zero-order valence-corrected chi connectivity index (χ0v) is 27.1. The van der Waals surface area contributed by atoms with Crippen LogP contribution in [0.4, 0.5) is 4.39 Å². The minimum Gasteiger partial charge on any atom is -0.344 e. The van der Waals surface area contributed by atoms with Gasteiger partial charge in [0, 0.05) is 44.9 Å². The van der Waals surface area contributed by atoms with E-state index in [-0.39, 0.29) is 60.1 Å². The maximum atomic E-state index is 15.5. The van der Waals surface area contributed by atoms with Crippen LogP contribution in [0.2, 0.25) is 0 Å². The Hall–Kier alpha value is -3.67. The molecule has 2 N–H and O–H groups in total. The van der Waals surface area contributed by atoms with E-state index in [0.717, 1.165) is 32.2 Å². The Kier molecular flexibility index (Phi) is 11.8. The number of benzene rings is 1. The Morgan fingerprint density at radius 2 is 1.78 bits per heavy atom. The molecule has 1 saturated heterocycles. The van der Waals surface area contributed by atoms with Gasteiger partial charge >= 0.3 is 0 Å². The molecule has 246 valence electrons. The standard InChI is InChI=1S/C33H47FN6O5/c1-6-26-31(38-45-37-26)32(43)36-30(23-11-8-20(3)9-12-23)28(41)18-24-13-10-22(16-25(24)34)17-27(35-29(42)7-2)33(44)40-15-14-39(5)21(4)19-40/h10,13,16,20-21,23,27,30H,6-9,11-12,14-15,17-19H2,1-5H3,(H,35,42)(H,36,43)/t20?,21-,23?,27+,30-/m0/s1. The van der Waals surface area contributed by atoms with E-state index in [9.17, 15) is 19.2 Å². The van der Waals surface area contributed by atoms with Crippen LogP contribution in [-0.2, 0) is 33.6 Å². The molecule has 45 heavy (non-hydrogen) atoms. The number of aromatic nitrogens is 2. The number of nitrogens with zero attached hydrogens (tertiary/aromatic N) is 4. The molecular weight excluding hydrogens is 579 g/mol. The second kappa shape index (κ2) is 15.6. The third-order valence-electron chi connectivity index (χ3n) is 9.42. The number of carbonyl (C=O) groups excluding carboxylic acids is 4. The highest BCUT2D eigenvalue weighted by atomic mass is 19.1. The lowest BCUT2D eigenvalue weighted by atomic mass is 9.77. The number of aryl methyl sites for hydroxylation is 1. The largest absolute Gasteiger partial charge is 0.344 e. The van der Waals surface area contributed by atoms with Crippen molar-refractivity contribution >= 4 is 23.5 Å². The van der Waals surface area contributed by atoms with Crippen molar-refractivity contribution in [3.8, 4) is 0 Å². The number of halogens is 1. The molecule has 2 aliphatic rings. The van der Waals surface area contributed by atoms with Crippen molar-refractivity contribution in [2.24, 2.45) is 11.8 Å². The lowest BCUT2D eigenvalue weighted by molar-refractivity contribution is -0.138. The lowest BCUT2D eigenvalue weighted by Crippen LogP contribution is -2.57. The molecule has 2 heterocycles. The first kappa shape index (κ1) is 34.2. The summed E-state index contributed by atoms with van der Waals surface area (Å²) in [6.07, 6.45) is 4.05. The van der Waals surface area contributed by atoms with Crippen LogP contribution in [0.25, 0.3) is 0 Å². The fourth-order valence-electron chi connectivity index (χ4n) is 6.26. The van der Waals surface area contributed by atoms with E-state index in [4.69, 9.17) is 4.63 Å². The van der Waals surface area contributed by atoms with Gasteiger partial charge in [-0.05, 0) is 67.4 Å². The van der Waals surface area contributed by atoms with Gasteiger partial charge in [-0.3, -0.25) is 19.2 Å². The van der Waals surface area contributed by atoms with E-state index >= 15 is 4.39 Å². The van der Waals surface area contributed by atoms with Gasteiger partial charge in [-0.15, -0.1) is 0 Å². The molecule has 0 spiro atoms. The SMILES string of the molecule is CCC(=O)N[C@H](Cc1ccc(CC(=O)[C@@H](NC(=O)c2nonc2CC)C2CCC(C)CC2)c(F)c1)C(=O)N1CCN(C)[C@@H](C)C1. The Morgan fingerprint density at radius 3 is 2.42 bits per heavy atom. The smallest absolute Gasteiger partial charge is 0.276 e. The average Bonchev–Trinajstić information content (AvgIpc) is 3.51. The van der Waals surface area contributed by atoms with Crippen LogP contribution < -0.4 is 10.6 Å². The summed E-state index contributed by atoms with van der Waals surface area (Å²) in [5.74, 6) is -1.35. The lowest BCUT2D eigenvalue weighted by Gasteiger charge is -2.39. The van der Waals surface area contributed by atoms with Gasteiger partial charge in [-0.25, -0.2) is 9.02 Å². The molecule has 0 unspecified atom stereocenters. The fraction of sp³-hybridized carbons (Fsp3) is 0.636. The number of hydrogen-bond acceptors (Lipinski definition) is 8. The predicted molar refractivity (Wildman–Crippen MR) is 166 cm³/mol. The van der Waals surface area contributed by atoms with Crippen LogP contribution in [-0.4, -0.2) is 88.4 Å². The molecule has 3 amide bonds. The van der Waals surface area contributed by atoms with Gasteiger partial charge in [-0.1, -0.05) is 50.9 Å². The first-order chi connectivity index (χ1) is 21.5. The molecule has 2 fully saturated rings. The molecule has 12 heteroatoms. The summed E-state index contributed by atoms with van der Waals surface area (Å²) in [6, 6.07) is 3.14. The number of piperazine rings is 1. The molecule has 1 aliphatic carbocycles. The first-order valence-electron chi connectivity index (χ1n) is 16.2. The molecule has 2 aromatic rings. The summed E-state index contributed by atoms with van der Waals surface area (Å²) in [6.45, 7) is 9.61. The van der Waals surface area contributed by atoms with Crippen molar-refractivity contribution in [2.75, 3.05) is 26.7 Å². The normalized spacial score (nSPS) is 22.0. The molecule has 0 radical (unpaired) electrons. The summed E-state index contributed by atoms with van der Waals surface area (Å²) in [5, 5.41) is 13.2. The Labute approximate surface area is 264 Å². The number of carbonyl (C=O) groups is 4. The summed E-state index contributed by atoms with van der Waals surface area (Å²) in [5.41, 5.74) is 1.21. The van der Waals surface area contributed by atoms with E-state index in [1.165, 1.54) is 6.07 Å². The van der Waals surface area contributed by atoms with Crippen molar-refractivity contribution < 1.29 is 28.2 Å². The number of rotatable bonds is 12. The maximum absolute atomic E-state index is 15.5. The minimum atomic E-state index is -0.827. The van der Waals surface area contributed by atoms with E-state index in [1.54, 1.807) is 24.0 Å². The molecule has 1 aromatic heterocycles. The monoisotopic (exact) mass is 626 g/mol. The van der Waals surface area contributed by atoms with Crippen LogP contribution in [0.1, 0.15) is 87.1 Å². The molecule has 1 saturated carbocycles. The van der Waals surface area contributed by atoms with Crippen molar-refractivity contribution in [1.82, 2.24) is 30.7 Å². The first-order valence-corrected chi connectivity index (χ1v) is 16.2. The number of Topliss-reactive ketones (excluding diaryl/α,β-unsaturated/α-hetero) is 1. The van der Waals surface area contributed by atoms with Gasteiger partial charge in [0.05, 0.1) is 6.04 Å². The molecular formula is C33H47FN6O5. The number of likely N-dealkylation sites (N-methyl/N-ethyl adjacent to an activating group) is 1. The van der Waals surface area contributed by atoms with Gasteiger partial charge < -0.3 is 20.4 Å². The van der Waals surface area contributed by atoms with Crippen LogP contribution >= 0.6 is 0 Å². The second-order valence-corrected chi connectivity index (χ2v) is 12.7. The molecule has 0 bridgehead atoms. The van der Waals surface area contributed by atoms with E-state index in [2.05, 4.69) is 32.8 Å². The van der Waals surface area contributed by atoms with Crippen molar-refractivity contribution in [2.45, 2.75) is 97.2 Å². The van der Waals surface area contributed by atoms with Crippen molar-refractivity contribution in [3.63, 3.8) is 0 Å². The van der Waals surface area contributed by atoms with Crippen molar-refractivity contribution in [1.29, 1.82) is 0 Å². The van der Waals surface area contributed by atoms with Crippen LogP contribution in [0.5, 0.6) is 0 Å². The van der Waals surface area contributed by atoms with Gasteiger partial charge in [0.2, 0.25) is 11.8 Å². The predicted octanol–water partition coefficient (Wildman–Crippen LogP) is 3.11. The number of ketones is 1. The average molecular weight is 627 g/mol. The molecule has 3 atom stereocenters. The molecule has 1 aliphatic heterocycles. The van der Waals surface area contributed by atoms with E-state index < -0.39 is 23.8 Å². The van der Waals surface area contributed by atoms with Gasteiger partial charge in [0.25, 0.3) is 5.91 Å². The van der Waals surface area contributed by atoms with Gasteiger partial charge in [-0.2, -0.15) is 0 Å². The van der Waals surface area contributed by atoms with Crippen LogP contribution in [0, 0.1) is 17.7 Å². The summed E-state index contributed by atoms with van der Waals surface area (Å²) in [4.78, 5) is 56.5. The van der Waals surface area contributed by atoms with E-state index in [0.29, 0.717) is 36.7 Å². The molecule has 4 rings (SSSR count). The zero-order chi connectivity index (χ0) is 32.7. The van der Waals surface area contributed by atoms with Gasteiger partial charge in [0.15, 0.2) is 11.5 Å². The van der Waals surface area contributed by atoms with Gasteiger partial charge in [0.1, 0.15) is 17.6 Å². The highest BCUT2D eigenvalue weighted by Gasteiger charge is 2.34. The number of hydrogen-bond donors (Lipinski definition) is 2. The Morgan fingerprint density at radius 1 is 1.04 bits per heavy atom. The quantitative estimate of drug-likeness (QED) is 0.367. The second-order valence-electron chi connectivity index (χ2n) is 12.7. The summed E-state index contributed by atoms with van der Waals surface area (Å²) in [7, 11) is 2.01. The summed E-state index contributed by atoms with van der Waals surface area (Å²) < 4.78 is 20.3. The number of amides is 3.